The van der Waals surface area contributed by atoms with E-state index in [1.807, 2.05) is 13.8 Å². The Kier molecular flexibility index (Phi) is 10.6. The van der Waals surface area contributed by atoms with Crippen LogP contribution < -0.4 is 10.9 Å². The van der Waals surface area contributed by atoms with Crippen LogP contribution in [0.1, 0.15) is 43.8 Å². The molecule has 0 spiro atoms. The lowest BCUT2D eigenvalue weighted by Crippen LogP contribution is -2.37. The molecule has 226 valence electrons. The summed E-state index contributed by atoms with van der Waals surface area (Å²) in [5, 5.41) is 2.59. The number of H-pyrrole nitrogens is 1. The van der Waals surface area contributed by atoms with E-state index in [1.165, 1.54) is 40.6 Å². The van der Waals surface area contributed by atoms with Crippen LogP contribution in [0.2, 0.25) is 0 Å². The molecule has 0 aliphatic carbocycles. The third-order valence-corrected chi connectivity index (χ3v) is 6.20. The van der Waals surface area contributed by atoms with Crippen LogP contribution in [0.4, 0.5) is 14.9 Å². The smallest absolute Gasteiger partial charge is 0.410 e. The Morgan fingerprint density at radius 2 is 1.90 bits per heavy atom. The van der Waals surface area contributed by atoms with E-state index in [9.17, 15) is 23.6 Å². The molecule has 0 aliphatic rings. The molecule has 1 unspecified atom stereocenters. The predicted octanol–water partition coefficient (Wildman–Crippen LogP) is 3.24. The number of halogens is 1. The lowest BCUT2D eigenvalue weighted by Gasteiger charge is -2.20. The third kappa shape index (κ3) is 8.24. The third-order valence-electron chi connectivity index (χ3n) is 6.20. The maximum atomic E-state index is 14.5. The average Bonchev–Trinajstić information content (AvgIpc) is 3.34. The van der Waals surface area contributed by atoms with Crippen molar-refractivity contribution in [3.63, 3.8) is 0 Å². The number of anilines is 1. The van der Waals surface area contributed by atoms with Crippen LogP contribution in [0.25, 0.3) is 11.0 Å². The topological polar surface area (TPSA) is 143 Å². The van der Waals surface area contributed by atoms with E-state index in [1.54, 1.807) is 33.3 Å². The summed E-state index contributed by atoms with van der Waals surface area (Å²) in [6.07, 6.45) is 4.73. The number of hydrogen-bond acceptors (Lipinski definition) is 7. The highest BCUT2D eigenvalue weighted by atomic mass is 19.1. The summed E-state index contributed by atoms with van der Waals surface area (Å²) in [5.74, 6) is -0.837. The van der Waals surface area contributed by atoms with E-state index in [0.717, 1.165) is 6.20 Å². The minimum atomic E-state index is -1.22. The number of carbonyl (C=O) groups excluding carboxylic acids is 3. The molecule has 0 saturated heterocycles. The van der Waals surface area contributed by atoms with Gasteiger partial charge >= 0.3 is 6.09 Å². The molecule has 1 atom stereocenters. The summed E-state index contributed by atoms with van der Waals surface area (Å²) in [6.45, 7) is 5.81. The molecule has 12 nitrogen and oxygen atoms in total. The van der Waals surface area contributed by atoms with E-state index in [4.69, 9.17) is 4.74 Å². The van der Waals surface area contributed by atoms with Gasteiger partial charge in [-0.15, -0.1) is 0 Å². The number of rotatable bonds is 11. The van der Waals surface area contributed by atoms with Crippen molar-refractivity contribution in [3.8, 4) is 0 Å². The van der Waals surface area contributed by atoms with Crippen molar-refractivity contribution in [2.24, 2.45) is 5.92 Å². The van der Waals surface area contributed by atoms with Gasteiger partial charge in [0.05, 0.1) is 24.0 Å². The number of amides is 3. The van der Waals surface area contributed by atoms with E-state index in [2.05, 4.69) is 20.3 Å². The molecule has 3 heterocycles. The maximum absolute atomic E-state index is 14.5. The number of allylic oxidation sites excluding steroid dienone is 1. The standard InChI is InChI=1S/C29H38FN7O5/c1-17(2)12-20-26-25(19(30)14-31-20)33-23(34-26)16-37-15-18(3)13-21(28(37)40)32-27(39)22(42-29(41)36(6)7)10-8-9-11-24(38)35(4)5/h9,11,13-15,17,22H,8,10,12,16H2,1-7H3,(H,32,39)(H,33,34). The van der Waals surface area contributed by atoms with Crippen molar-refractivity contribution >= 4 is 34.6 Å². The van der Waals surface area contributed by atoms with Gasteiger partial charge in [0.2, 0.25) is 5.91 Å². The highest BCUT2D eigenvalue weighted by Crippen LogP contribution is 2.21. The van der Waals surface area contributed by atoms with Crippen LogP contribution >= 0.6 is 0 Å². The highest BCUT2D eigenvalue weighted by Gasteiger charge is 2.25. The Labute approximate surface area is 243 Å². The van der Waals surface area contributed by atoms with Crippen LogP contribution in [0.5, 0.6) is 0 Å². The number of fused-ring (bicyclic) bond motifs is 1. The van der Waals surface area contributed by atoms with Crippen molar-refractivity contribution in [1.29, 1.82) is 0 Å². The van der Waals surface area contributed by atoms with Gasteiger partial charge in [-0.3, -0.25) is 19.4 Å². The Balaban J connectivity index is 1.85. The molecule has 0 saturated carbocycles. The first-order valence-electron chi connectivity index (χ1n) is 13.6. The van der Waals surface area contributed by atoms with Crippen LogP contribution in [-0.4, -0.2) is 81.5 Å². The van der Waals surface area contributed by atoms with E-state index < -0.39 is 29.5 Å². The van der Waals surface area contributed by atoms with Crippen molar-refractivity contribution in [2.45, 2.75) is 52.7 Å². The second-order valence-corrected chi connectivity index (χ2v) is 10.9. The summed E-state index contributed by atoms with van der Waals surface area (Å²) in [5.41, 5.74) is 1.44. The van der Waals surface area contributed by atoms with Crippen molar-refractivity contribution in [1.82, 2.24) is 29.3 Å². The van der Waals surface area contributed by atoms with Gasteiger partial charge in [-0.25, -0.2) is 14.2 Å². The number of likely N-dealkylation sites (N-methyl/N-ethyl adjacent to an activating group) is 1. The predicted molar refractivity (Wildman–Crippen MR) is 157 cm³/mol. The molecule has 3 amide bonds. The summed E-state index contributed by atoms with van der Waals surface area (Å²) in [6, 6.07) is 1.51. The van der Waals surface area contributed by atoms with Gasteiger partial charge in [0.15, 0.2) is 11.9 Å². The number of carbonyl (C=O) groups is 3. The number of nitrogens with zero attached hydrogens (tertiary/aromatic N) is 5. The van der Waals surface area contributed by atoms with E-state index >= 15 is 0 Å². The monoisotopic (exact) mass is 583 g/mol. The Bertz CT molecular complexity index is 1540. The number of imidazole rings is 1. The summed E-state index contributed by atoms with van der Waals surface area (Å²) < 4.78 is 21.2. The first kappa shape index (κ1) is 32.0. The lowest BCUT2D eigenvalue weighted by atomic mass is 10.1. The van der Waals surface area contributed by atoms with Crippen molar-refractivity contribution < 1.29 is 23.5 Å². The van der Waals surface area contributed by atoms with Gasteiger partial charge < -0.3 is 29.4 Å². The largest absolute Gasteiger partial charge is 0.436 e. The summed E-state index contributed by atoms with van der Waals surface area (Å²) in [4.78, 5) is 64.9. The first-order valence-corrected chi connectivity index (χ1v) is 13.6. The number of nitrogens with one attached hydrogen (secondary N) is 2. The number of aromatic nitrogens is 4. The maximum Gasteiger partial charge on any atom is 0.410 e. The highest BCUT2D eigenvalue weighted by molar-refractivity contribution is 5.95. The van der Waals surface area contributed by atoms with Crippen LogP contribution in [0, 0.1) is 18.7 Å². The van der Waals surface area contributed by atoms with E-state index in [0.29, 0.717) is 34.9 Å². The Morgan fingerprint density at radius 3 is 2.55 bits per heavy atom. The fraction of sp³-hybridized carbons (Fsp3) is 0.448. The normalized spacial score (nSPS) is 12.1. The molecular formula is C29H38FN7O5. The molecule has 3 rings (SSSR count). The van der Waals surface area contributed by atoms with Crippen molar-refractivity contribution in [3.05, 3.63) is 63.9 Å². The van der Waals surface area contributed by atoms with Crippen LogP contribution in [-0.2, 0) is 27.3 Å². The van der Waals surface area contributed by atoms with E-state index in [-0.39, 0.29) is 36.5 Å². The second-order valence-electron chi connectivity index (χ2n) is 10.9. The van der Waals surface area contributed by atoms with Crippen molar-refractivity contribution in [2.75, 3.05) is 33.5 Å². The van der Waals surface area contributed by atoms with Crippen LogP contribution in [0.3, 0.4) is 0 Å². The average molecular weight is 584 g/mol. The van der Waals surface area contributed by atoms with Crippen LogP contribution in [0.15, 0.2) is 35.4 Å². The molecule has 0 fully saturated rings. The molecule has 0 aromatic carbocycles. The molecule has 13 heteroatoms. The zero-order valence-electron chi connectivity index (χ0n) is 25.0. The van der Waals surface area contributed by atoms with Gasteiger partial charge in [0.1, 0.15) is 17.0 Å². The molecule has 2 N–H and O–H groups in total. The quantitative estimate of drug-likeness (QED) is 0.330. The lowest BCUT2D eigenvalue weighted by molar-refractivity contribution is -0.125. The SMILES string of the molecule is Cc1cc(NC(=O)C(CCC=CC(=O)N(C)C)OC(=O)N(C)C)c(=O)n(Cc2nc3c(F)cnc(CC(C)C)c3[nH]2)c1. The zero-order valence-corrected chi connectivity index (χ0v) is 25.0. The van der Waals surface area contributed by atoms with Gasteiger partial charge in [-0.2, -0.15) is 0 Å². The molecule has 0 aliphatic heterocycles. The molecule has 3 aromatic rings. The number of aryl methyl sites for hydroxylation is 1. The fourth-order valence-corrected chi connectivity index (χ4v) is 4.10. The zero-order chi connectivity index (χ0) is 31.1. The summed E-state index contributed by atoms with van der Waals surface area (Å²) in [7, 11) is 6.20. The van der Waals surface area contributed by atoms with Gasteiger partial charge in [0, 0.05) is 34.4 Å². The molecular weight excluding hydrogens is 545 g/mol. The molecule has 0 bridgehead atoms. The molecule has 3 aromatic heterocycles. The van der Waals surface area contributed by atoms with Gasteiger partial charge in [-0.1, -0.05) is 19.9 Å². The first-order chi connectivity index (χ1) is 19.8. The number of hydrogen-bond donors (Lipinski definition) is 2. The summed E-state index contributed by atoms with van der Waals surface area (Å²) >= 11 is 0. The second kappa shape index (κ2) is 13.9. The Morgan fingerprint density at radius 1 is 1.19 bits per heavy atom. The molecule has 42 heavy (non-hydrogen) atoms. The minimum absolute atomic E-state index is 0.0115. The Hall–Kier alpha value is -4.55. The van der Waals surface area contributed by atoms with Gasteiger partial charge in [-0.05, 0) is 49.8 Å². The number of pyridine rings is 2. The fourth-order valence-electron chi connectivity index (χ4n) is 4.10. The molecule has 0 radical (unpaired) electrons. The minimum Gasteiger partial charge on any atom is -0.436 e. The number of ether oxygens (including phenoxy) is 1. The number of aromatic amines is 1. The van der Waals surface area contributed by atoms with Gasteiger partial charge in [0.25, 0.3) is 11.5 Å².